The fourth-order valence-electron chi connectivity index (χ4n) is 1.58. The second-order valence-corrected chi connectivity index (χ2v) is 4.66. The molecule has 0 aromatic heterocycles. The summed E-state index contributed by atoms with van der Waals surface area (Å²) in [6.07, 6.45) is 0.254. The van der Waals surface area contributed by atoms with E-state index in [1.165, 1.54) is 4.90 Å². The molecule has 1 aliphatic rings. The third kappa shape index (κ3) is 3.16. The summed E-state index contributed by atoms with van der Waals surface area (Å²) in [5.74, 6) is -0.676. The molecule has 0 aliphatic carbocycles. The maximum Gasteiger partial charge on any atom is 0.303 e. The molecule has 1 aliphatic heterocycles. The highest BCUT2D eigenvalue weighted by molar-refractivity contribution is 7.80. The van der Waals surface area contributed by atoms with Crippen LogP contribution in [-0.4, -0.2) is 39.6 Å². The Morgan fingerprint density at radius 3 is 2.75 bits per heavy atom. The van der Waals surface area contributed by atoms with Crippen molar-refractivity contribution in [2.75, 3.05) is 6.54 Å². The normalized spacial score (nSPS) is 20.4. The van der Waals surface area contributed by atoms with Crippen molar-refractivity contribution in [2.24, 2.45) is 5.92 Å². The summed E-state index contributed by atoms with van der Waals surface area (Å²) in [4.78, 5) is 23.8. The molecule has 1 rings (SSSR count). The van der Waals surface area contributed by atoms with E-state index in [-0.39, 0.29) is 18.7 Å². The molecule has 6 heteroatoms. The predicted molar refractivity (Wildman–Crippen MR) is 62.9 cm³/mol. The van der Waals surface area contributed by atoms with Crippen LogP contribution in [0, 0.1) is 5.92 Å². The van der Waals surface area contributed by atoms with Gasteiger partial charge in [-0.2, -0.15) is 0 Å². The van der Waals surface area contributed by atoms with Crippen LogP contribution in [0.5, 0.6) is 0 Å². The number of nitrogens with zero attached hydrogens (tertiary/aromatic N) is 1. The zero-order valence-electron chi connectivity index (χ0n) is 9.40. The van der Waals surface area contributed by atoms with Crippen LogP contribution < -0.4 is 5.32 Å². The van der Waals surface area contributed by atoms with Crippen molar-refractivity contribution >= 4 is 29.2 Å². The zero-order chi connectivity index (χ0) is 12.3. The van der Waals surface area contributed by atoms with E-state index in [0.29, 0.717) is 17.6 Å². The number of hydrogen-bond acceptors (Lipinski definition) is 3. The molecule has 0 bridgehead atoms. The summed E-state index contributed by atoms with van der Waals surface area (Å²) in [7, 11) is 0. The van der Waals surface area contributed by atoms with Crippen LogP contribution in [0.25, 0.3) is 0 Å². The molecule has 90 valence electrons. The van der Waals surface area contributed by atoms with Gasteiger partial charge in [-0.15, -0.1) is 0 Å². The summed E-state index contributed by atoms with van der Waals surface area (Å²) >= 11 is 5.04. The Morgan fingerprint density at radius 2 is 2.25 bits per heavy atom. The number of aliphatic carboxylic acids is 1. The lowest BCUT2D eigenvalue weighted by Crippen LogP contribution is -2.34. The lowest BCUT2D eigenvalue weighted by atomic mass is 10.1. The Labute approximate surface area is 99.8 Å². The molecule has 1 fully saturated rings. The van der Waals surface area contributed by atoms with Gasteiger partial charge in [-0.1, -0.05) is 13.8 Å². The van der Waals surface area contributed by atoms with Crippen LogP contribution in [0.1, 0.15) is 26.7 Å². The van der Waals surface area contributed by atoms with Gasteiger partial charge >= 0.3 is 5.97 Å². The second kappa shape index (κ2) is 5.25. The maximum atomic E-state index is 11.8. The topological polar surface area (TPSA) is 69.6 Å². The molecule has 5 nitrogen and oxygen atoms in total. The smallest absolute Gasteiger partial charge is 0.303 e. The fourth-order valence-corrected chi connectivity index (χ4v) is 1.89. The Balaban J connectivity index is 2.56. The van der Waals surface area contributed by atoms with Gasteiger partial charge in [0.1, 0.15) is 6.04 Å². The average molecular weight is 244 g/mol. The minimum Gasteiger partial charge on any atom is -0.481 e. The number of carbonyl (C=O) groups excluding carboxylic acids is 1. The Kier molecular flexibility index (Phi) is 4.23. The van der Waals surface area contributed by atoms with Crippen molar-refractivity contribution < 1.29 is 14.7 Å². The van der Waals surface area contributed by atoms with Crippen LogP contribution in [0.3, 0.4) is 0 Å². The number of thiocarbonyl (C=S) groups is 1. The number of nitrogens with one attached hydrogen (secondary N) is 1. The fraction of sp³-hybridized carbons (Fsp3) is 0.700. The molecule has 16 heavy (non-hydrogen) atoms. The first-order chi connectivity index (χ1) is 7.41. The number of rotatable bonds is 5. The first kappa shape index (κ1) is 12.9. The van der Waals surface area contributed by atoms with Gasteiger partial charge in [-0.05, 0) is 24.6 Å². The predicted octanol–water partition coefficient (Wildman–Crippen LogP) is 0.592. The van der Waals surface area contributed by atoms with Gasteiger partial charge in [-0.3, -0.25) is 14.5 Å². The third-order valence-corrected chi connectivity index (χ3v) is 2.64. The van der Waals surface area contributed by atoms with E-state index < -0.39 is 12.0 Å². The van der Waals surface area contributed by atoms with E-state index >= 15 is 0 Å². The van der Waals surface area contributed by atoms with Crippen molar-refractivity contribution in [1.29, 1.82) is 0 Å². The Morgan fingerprint density at radius 1 is 1.62 bits per heavy atom. The SMILES string of the molecule is CC(C)CN1C(=O)[C@H](CCC(=O)O)NC1=S. The third-order valence-electron chi connectivity index (χ3n) is 2.30. The summed E-state index contributed by atoms with van der Waals surface area (Å²) < 4.78 is 0. The van der Waals surface area contributed by atoms with Crippen molar-refractivity contribution in [2.45, 2.75) is 32.7 Å². The summed E-state index contributed by atoms with van der Waals surface area (Å²) in [6.45, 7) is 4.58. The van der Waals surface area contributed by atoms with E-state index in [4.69, 9.17) is 17.3 Å². The molecule has 0 saturated carbocycles. The Hall–Kier alpha value is -1.17. The van der Waals surface area contributed by atoms with Crippen molar-refractivity contribution in [3.8, 4) is 0 Å². The maximum absolute atomic E-state index is 11.8. The van der Waals surface area contributed by atoms with Crippen LogP contribution in [0.2, 0.25) is 0 Å². The lowest BCUT2D eigenvalue weighted by Gasteiger charge is -2.16. The van der Waals surface area contributed by atoms with E-state index in [2.05, 4.69) is 5.32 Å². The first-order valence-corrected chi connectivity index (χ1v) is 5.66. The van der Waals surface area contributed by atoms with E-state index in [1.807, 2.05) is 13.8 Å². The molecule has 0 spiro atoms. The van der Waals surface area contributed by atoms with Crippen LogP contribution >= 0.6 is 12.2 Å². The highest BCUT2D eigenvalue weighted by atomic mass is 32.1. The van der Waals surface area contributed by atoms with Crippen LogP contribution in [-0.2, 0) is 9.59 Å². The summed E-state index contributed by atoms with van der Waals surface area (Å²) in [5.41, 5.74) is 0. The van der Waals surface area contributed by atoms with Crippen molar-refractivity contribution in [3.63, 3.8) is 0 Å². The quantitative estimate of drug-likeness (QED) is 0.693. The number of hydrogen-bond donors (Lipinski definition) is 2. The molecule has 1 heterocycles. The lowest BCUT2D eigenvalue weighted by molar-refractivity contribution is -0.137. The number of carboxylic acid groups (broad SMARTS) is 1. The number of carboxylic acids is 1. The van der Waals surface area contributed by atoms with Crippen molar-refractivity contribution in [3.05, 3.63) is 0 Å². The Bertz CT molecular complexity index is 317. The molecule has 0 unspecified atom stereocenters. The zero-order valence-corrected chi connectivity index (χ0v) is 10.2. The van der Waals surface area contributed by atoms with Gasteiger partial charge < -0.3 is 10.4 Å². The van der Waals surface area contributed by atoms with Gasteiger partial charge in [0, 0.05) is 13.0 Å². The van der Waals surface area contributed by atoms with Crippen LogP contribution in [0.4, 0.5) is 0 Å². The van der Waals surface area contributed by atoms with Crippen molar-refractivity contribution in [1.82, 2.24) is 10.2 Å². The van der Waals surface area contributed by atoms with Gasteiger partial charge in [0.25, 0.3) is 5.91 Å². The monoisotopic (exact) mass is 244 g/mol. The molecule has 1 atom stereocenters. The molecule has 1 saturated heterocycles. The van der Waals surface area contributed by atoms with Gasteiger partial charge in [0.05, 0.1) is 0 Å². The standard InChI is InChI=1S/C10H16N2O3S/c1-6(2)5-12-9(15)7(11-10(12)16)3-4-8(13)14/h6-7H,3-5H2,1-2H3,(H,11,16)(H,13,14)/t7-/m0/s1. The average Bonchev–Trinajstić information content (AvgIpc) is 2.42. The van der Waals surface area contributed by atoms with Gasteiger partial charge in [0.15, 0.2) is 5.11 Å². The van der Waals surface area contributed by atoms with Gasteiger partial charge in [-0.25, -0.2) is 0 Å². The second-order valence-electron chi connectivity index (χ2n) is 4.28. The molecule has 0 radical (unpaired) electrons. The van der Waals surface area contributed by atoms with Gasteiger partial charge in [0.2, 0.25) is 0 Å². The largest absolute Gasteiger partial charge is 0.481 e. The summed E-state index contributed by atoms with van der Waals surface area (Å²) in [6, 6.07) is -0.470. The highest BCUT2D eigenvalue weighted by Gasteiger charge is 2.35. The minimum absolute atomic E-state index is 0.0263. The van der Waals surface area contributed by atoms with Crippen LogP contribution in [0.15, 0.2) is 0 Å². The molecule has 0 aromatic carbocycles. The molecule has 1 amide bonds. The van der Waals surface area contributed by atoms with E-state index in [1.54, 1.807) is 0 Å². The molecular weight excluding hydrogens is 228 g/mol. The van der Waals surface area contributed by atoms with E-state index in [0.717, 1.165) is 0 Å². The molecule has 0 aromatic rings. The number of carbonyl (C=O) groups is 2. The molecular formula is C10H16N2O3S. The highest BCUT2D eigenvalue weighted by Crippen LogP contribution is 2.13. The number of amides is 1. The summed E-state index contributed by atoms with van der Waals surface area (Å²) in [5, 5.41) is 11.8. The first-order valence-electron chi connectivity index (χ1n) is 5.25. The van der Waals surface area contributed by atoms with E-state index in [9.17, 15) is 9.59 Å². The molecule has 2 N–H and O–H groups in total. The minimum atomic E-state index is -0.900.